The third-order valence-electron chi connectivity index (χ3n) is 6.80. The molecule has 0 bridgehead atoms. The maximum atomic E-state index is 15.4. The first-order chi connectivity index (χ1) is 20.4. The summed E-state index contributed by atoms with van der Waals surface area (Å²) in [5, 5.41) is 1.21. The lowest BCUT2D eigenvalue weighted by Crippen LogP contribution is -2.27. The van der Waals surface area contributed by atoms with E-state index in [1.165, 1.54) is 30.3 Å². The molecular formula is C33H26F3O4PS2. The SMILES string of the molecule is Cc1ccc(S(=O)(=O)Oc2cccc(SC(F)(F)F)c2-c2c(C)cccc2P(=O)(c2ccccc2)c2ccccc2)cc1. The van der Waals surface area contributed by atoms with E-state index in [-0.39, 0.29) is 43.7 Å². The summed E-state index contributed by atoms with van der Waals surface area (Å²) in [6.45, 7) is 3.48. The highest BCUT2D eigenvalue weighted by Crippen LogP contribution is 2.51. The fourth-order valence-corrected chi connectivity index (χ4v) is 9.43. The zero-order valence-electron chi connectivity index (χ0n) is 23.1. The molecule has 0 aromatic heterocycles. The molecule has 0 amide bonds. The lowest BCUT2D eigenvalue weighted by Gasteiger charge is -2.26. The van der Waals surface area contributed by atoms with Gasteiger partial charge in [-0.1, -0.05) is 103 Å². The van der Waals surface area contributed by atoms with Gasteiger partial charge in [0.2, 0.25) is 0 Å². The normalized spacial score (nSPS) is 12.2. The Morgan fingerprint density at radius 2 is 1.23 bits per heavy atom. The zero-order valence-corrected chi connectivity index (χ0v) is 25.6. The monoisotopic (exact) mass is 638 g/mol. The lowest BCUT2D eigenvalue weighted by molar-refractivity contribution is -0.0328. The molecule has 0 spiro atoms. The number of halogens is 3. The predicted octanol–water partition coefficient (Wildman–Crippen LogP) is 7.99. The standard InChI is InChI=1S/C33H26F3O4PS2/c1-23-19-21-27(22-20-23)43(38,39)40-28-16-10-18-30(42-33(34,35)36)32(28)31-24(2)11-9-17-29(31)41(37,25-12-5-3-6-13-25)26-14-7-4-8-15-26/h3-22H,1-2H3. The third-order valence-corrected chi connectivity index (χ3v) is 11.9. The van der Waals surface area contributed by atoms with Crippen LogP contribution in [0.15, 0.2) is 131 Å². The van der Waals surface area contributed by atoms with Gasteiger partial charge in [0.15, 0.2) is 12.9 Å². The molecule has 5 aromatic carbocycles. The number of hydrogen-bond donors (Lipinski definition) is 0. The Kier molecular flexibility index (Phi) is 8.61. The van der Waals surface area contributed by atoms with Crippen LogP contribution in [-0.2, 0) is 14.7 Å². The van der Waals surface area contributed by atoms with Crippen LogP contribution in [0.3, 0.4) is 0 Å². The molecule has 0 saturated heterocycles. The molecular weight excluding hydrogens is 612 g/mol. The summed E-state index contributed by atoms with van der Waals surface area (Å²) >= 11 is -0.385. The summed E-state index contributed by atoms with van der Waals surface area (Å²) in [6, 6.07) is 32.2. The van der Waals surface area contributed by atoms with E-state index in [1.54, 1.807) is 105 Å². The Labute approximate surface area is 253 Å². The molecule has 10 heteroatoms. The third kappa shape index (κ3) is 6.44. The minimum absolute atomic E-state index is 0.110. The predicted molar refractivity (Wildman–Crippen MR) is 167 cm³/mol. The largest absolute Gasteiger partial charge is 0.446 e. The first kappa shape index (κ1) is 30.7. The van der Waals surface area contributed by atoms with Gasteiger partial charge in [-0.15, -0.1) is 0 Å². The van der Waals surface area contributed by atoms with Crippen LogP contribution in [0.25, 0.3) is 11.1 Å². The molecule has 0 aliphatic rings. The van der Waals surface area contributed by atoms with Crippen LogP contribution in [0.4, 0.5) is 13.2 Å². The minimum atomic E-state index is -4.70. The van der Waals surface area contributed by atoms with Crippen molar-refractivity contribution in [1.82, 2.24) is 0 Å². The molecule has 0 N–H and O–H groups in total. The number of benzene rings is 5. The summed E-state index contributed by atoms with van der Waals surface area (Å²) in [4.78, 5) is -0.436. The fourth-order valence-electron chi connectivity index (χ4n) is 4.85. The van der Waals surface area contributed by atoms with E-state index in [1.807, 2.05) is 0 Å². The van der Waals surface area contributed by atoms with Gasteiger partial charge in [-0.05, 0) is 55.4 Å². The quantitative estimate of drug-likeness (QED) is 0.0980. The topological polar surface area (TPSA) is 60.4 Å². The molecule has 0 heterocycles. The van der Waals surface area contributed by atoms with Crippen molar-refractivity contribution in [2.24, 2.45) is 0 Å². The minimum Gasteiger partial charge on any atom is -0.378 e. The summed E-state index contributed by atoms with van der Waals surface area (Å²) in [6.07, 6.45) is 0. The van der Waals surface area contributed by atoms with E-state index in [2.05, 4.69) is 0 Å². The lowest BCUT2D eigenvalue weighted by atomic mass is 9.99. The van der Waals surface area contributed by atoms with Gasteiger partial charge in [0.1, 0.15) is 4.90 Å². The summed E-state index contributed by atoms with van der Waals surface area (Å²) in [5.41, 5.74) is -3.28. The summed E-state index contributed by atoms with van der Waals surface area (Å²) < 4.78 is 89.6. The number of hydrogen-bond acceptors (Lipinski definition) is 5. The zero-order chi connectivity index (χ0) is 30.8. The fraction of sp³-hybridized carbons (Fsp3) is 0.0909. The maximum absolute atomic E-state index is 15.4. The van der Waals surface area contributed by atoms with Crippen LogP contribution in [-0.4, -0.2) is 13.9 Å². The molecule has 4 nitrogen and oxygen atoms in total. The average molecular weight is 639 g/mol. The van der Waals surface area contributed by atoms with Crippen LogP contribution in [0, 0.1) is 13.8 Å². The van der Waals surface area contributed by atoms with Crippen molar-refractivity contribution in [3.05, 3.63) is 132 Å². The van der Waals surface area contributed by atoms with Crippen LogP contribution >= 0.6 is 18.9 Å². The van der Waals surface area contributed by atoms with Gasteiger partial charge in [0.25, 0.3) is 0 Å². The Balaban J connectivity index is 1.83. The van der Waals surface area contributed by atoms with Crippen LogP contribution < -0.4 is 20.1 Å². The molecule has 0 unspecified atom stereocenters. The Morgan fingerprint density at radius 3 is 1.79 bits per heavy atom. The van der Waals surface area contributed by atoms with E-state index in [4.69, 9.17) is 4.18 Å². The molecule has 0 aliphatic heterocycles. The second kappa shape index (κ2) is 12.1. The highest BCUT2D eigenvalue weighted by molar-refractivity contribution is 8.00. The van der Waals surface area contributed by atoms with Gasteiger partial charge < -0.3 is 8.75 Å². The van der Waals surface area contributed by atoms with E-state index >= 15 is 4.57 Å². The van der Waals surface area contributed by atoms with Crippen molar-refractivity contribution < 1.29 is 30.3 Å². The van der Waals surface area contributed by atoms with Gasteiger partial charge in [-0.25, -0.2) is 0 Å². The highest BCUT2D eigenvalue weighted by atomic mass is 32.2. The van der Waals surface area contributed by atoms with Crippen LogP contribution in [0.2, 0.25) is 0 Å². The Hall–Kier alpha value is -3.78. The molecule has 43 heavy (non-hydrogen) atoms. The van der Waals surface area contributed by atoms with Gasteiger partial charge in [0.05, 0.1) is 0 Å². The smallest absolute Gasteiger partial charge is 0.378 e. The maximum Gasteiger partial charge on any atom is 0.446 e. The van der Waals surface area contributed by atoms with Crippen molar-refractivity contribution in [1.29, 1.82) is 0 Å². The number of thioether (sulfide) groups is 1. The van der Waals surface area contributed by atoms with E-state index < -0.39 is 22.8 Å². The van der Waals surface area contributed by atoms with Gasteiger partial charge in [-0.3, -0.25) is 0 Å². The average Bonchev–Trinajstić information content (AvgIpc) is 2.97. The van der Waals surface area contributed by atoms with Gasteiger partial charge in [0, 0.05) is 31.9 Å². The molecule has 0 saturated carbocycles. The van der Waals surface area contributed by atoms with Gasteiger partial charge in [-0.2, -0.15) is 21.6 Å². The molecule has 5 aromatic rings. The van der Waals surface area contributed by atoms with Crippen molar-refractivity contribution in [3.63, 3.8) is 0 Å². The second-order valence-electron chi connectivity index (χ2n) is 9.78. The summed E-state index contributed by atoms with van der Waals surface area (Å²) in [7, 11) is -8.15. The van der Waals surface area contributed by atoms with Crippen molar-refractivity contribution in [2.75, 3.05) is 0 Å². The molecule has 220 valence electrons. The summed E-state index contributed by atoms with van der Waals surface area (Å²) in [5.74, 6) is -0.307. The van der Waals surface area contributed by atoms with E-state index in [0.29, 0.717) is 16.2 Å². The number of aryl methyl sites for hydroxylation is 2. The Bertz CT molecular complexity index is 1870. The molecule has 5 rings (SSSR count). The van der Waals surface area contributed by atoms with E-state index in [0.717, 1.165) is 5.56 Å². The van der Waals surface area contributed by atoms with Crippen molar-refractivity contribution >= 4 is 44.9 Å². The molecule has 0 radical (unpaired) electrons. The van der Waals surface area contributed by atoms with Crippen molar-refractivity contribution in [2.45, 2.75) is 29.1 Å². The van der Waals surface area contributed by atoms with Crippen LogP contribution in [0.1, 0.15) is 11.1 Å². The second-order valence-corrected chi connectivity index (χ2v) is 15.2. The molecule has 0 atom stereocenters. The molecule has 0 fully saturated rings. The first-order valence-electron chi connectivity index (χ1n) is 13.1. The molecule has 0 aliphatic carbocycles. The van der Waals surface area contributed by atoms with Crippen LogP contribution in [0.5, 0.6) is 5.75 Å². The van der Waals surface area contributed by atoms with Crippen molar-refractivity contribution in [3.8, 4) is 16.9 Å². The van der Waals surface area contributed by atoms with Gasteiger partial charge >= 0.3 is 15.6 Å². The highest BCUT2D eigenvalue weighted by Gasteiger charge is 2.37. The number of alkyl halides is 3. The number of rotatable bonds is 8. The first-order valence-corrected chi connectivity index (χ1v) is 17.0. The Morgan fingerprint density at radius 1 is 0.674 bits per heavy atom. The van der Waals surface area contributed by atoms with E-state index in [9.17, 15) is 21.6 Å².